The fraction of sp³-hybridized carbons (Fsp3) is 0.500. The number of aliphatic hydroxyl groups is 1. The van der Waals surface area contributed by atoms with Gasteiger partial charge in [-0.1, -0.05) is 6.07 Å². The van der Waals surface area contributed by atoms with E-state index >= 15 is 0 Å². The maximum absolute atomic E-state index is 9.71. The fourth-order valence-corrected chi connectivity index (χ4v) is 4.11. The molecule has 4 heterocycles. The predicted octanol–water partition coefficient (Wildman–Crippen LogP) is 1.34. The number of fused-ring (bicyclic) bond motifs is 1. The monoisotopic (exact) mass is 404 g/mol. The second-order valence-corrected chi connectivity index (χ2v) is 7.67. The Hall–Kier alpha value is -2.11. The van der Waals surface area contributed by atoms with Crippen molar-refractivity contribution >= 4 is 28.3 Å². The summed E-state index contributed by atoms with van der Waals surface area (Å²) in [7, 11) is 1.66. The number of anilines is 1. The van der Waals surface area contributed by atoms with Crippen molar-refractivity contribution in [3.05, 3.63) is 35.0 Å². The largest absolute Gasteiger partial charge is 0.394 e. The molecule has 1 fully saturated rings. The number of nitrogens with zero attached hydrogens (tertiary/aromatic N) is 5. The highest BCUT2D eigenvalue weighted by Gasteiger charge is 2.30. The average molecular weight is 404 g/mol. The number of morpholine rings is 1. The first-order chi connectivity index (χ1) is 13.8. The van der Waals surface area contributed by atoms with Crippen molar-refractivity contribution < 1.29 is 14.6 Å². The van der Waals surface area contributed by atoms with E-state index in [4.69, 9.17) is 9.47 Å². The number of thiophene rings is 1. The molecule has 3 aromatic rings. The molecule has 150 valence electrons. The van der Waals surface area contributed by atoms with Crippen molar-refractivity contribution in [3.8, 4) is 0 Å². The lowest BCUT2D eigenvalue weighted by Gasteiger charge is -2.37. The molecule has 1 aliphatic rings. The molecule has 0 aliphatic carbocycles. The summed E-state index contributed by atoms with van der Waals surface area (Å²) in [6.45, 7) is 3.40. The molecule has 0 spiro atoms. The van der Waals surface area contributed by atoms with Crippen LogP contribution in [-0.2, 0) is 16.0 Å². The molecule has 0 amide bonds. The molecule has 2 N–H and O–H groups in total. The van der Waals surface area contributed by atoms with E-state index in [9.17, 15) is 5.11 Å². The summed E-state index contributed by atoms with van der Waals surface area (Å²) in [6.07, 6.45) is 2.72. The average Bonchev–Trinajstić information content (AvgIpc) is 3.38. The number of ether oxygens (including phenoxy) is 2. The van der Waals surface area contributed by atoms with Crippen molar-refractivity contribution in [2.24, 2.45) is 0 Å². The quantitative estimate of drug-likeness (QED) is 0.543. The zero-order valence-corrected chi connectivity index (χ0v) is 16.5. The number of hydrogen-bond acceptors (Lipinski definition) is 9. The highest BCUT2D eigenvalue weighted by Crippen LogP contribution is 2.27. The van der Waals surface area contributed by atoms with Gasteiger partial charge in [0.15, 0.2) is 17.0 Å². The van der Waals surface area contributed by atoms with E-state index in [-0.39, 0.29) is 18.9 Å². The summed E-state index contributed by atoms with van der Waals surface area (Å²) in [5.74, 6) is 0.672. The first kappa shape index (κ1) is 19.2. The van der Waals surface area contributed by atoms with Crippen LogP contribution in [0.4, 0.5) is 5.82 Å². The maximum atomic E-state index is 9.71. The molecule has 9 nitrogen and oxygen atoms in total. The Balaban J connectivity index is 1.56. The van der Waals surface area contributed by atoms with Crippen molar-refractivity contribution in [2.75, 3.05) is 45.3 Å². The van der Waals surface area contributed by atoms with Crippen LogP contribution in [0.15, 0.2) is 30.2 Å². The molecule has 0 radical (unpaired) electrons. The lowest BCUT2D eigenvalue weighted by atomic mass is 10.2. The molecule has 3 aromatic heterocycles. The molecule has 28 heavy (non-hydrogen) atoms. The van der Waals surface area contributed by atoms with Crippen molar-refractivity contribution in [1.82, 2.24) is 24.4 Å². The Morgan fingerprint density at radius 2 is 2.29 bits per heavy atom. The van der Waals surface area contributed by atoms with Gasteiger partial charge in [-0.2, -0.15) is 0 Å². The SMILES string of the molecule is COCCNc1ncnc2c1ncn2[C@H]1CN(Cc2cccs2)C[C@@H](CO)O1. The Morgan fingerprint density at radius 3 is 3.07 bits per heavy atom. The summed E-state index contributed by atoms with van der Waals surface area (Å²) in [6, 6.07) is 4.18. The maximum Gasteiger partial charge on any atom is 0.167 e. The Morgan fingerprint density at radius 1 is 1.36 bits per heavy atom. The lowest BCUT2D eigenvalue weighted by molar-refractivity contribution is -0.135. The predicted molar refractivity (Wildman–Crippen MR) is 106 cm³/mol. The van der Waals surface area contributed by atoms with Gasteiger partial charge in [-0.05, 0) is 11.4 Å². The van der Waals surface area contributed by atoms with Crippen LogP contribution in [0.1, 0.15) is 11.1 Å². The highest BCUT2D eigenvalue weighted by atomic mass is 32.1. The number of imidazole rings is 1. The summed E-state index contributed by atoms with van der Waals surface area (Å²) in [5, 5.41) is 15.0. The lowest BCUT2D eigenvalue weighted by Crippen LogP contribution is -2.46. The first-order valence-corrected chi connectivity index (χ1v) is 10.1. The number of rotatable bonds is 8. The number of aliphatic hydroxyl groups excluding tert-OH is 1. The smallest absolute Gasteiger partial charge is 0.167 e. The standard InChI is InChI=1S/C18H24N6O3S/c1-26-5-4-19-17-16-18(21-11-20-17)24(12-22-16)15-9-23(7-13(10-25)27-15)8-14-3-2-6-28-14/h2-3,6,11-13,15,25H,4-5,7-10H2,1H3,(H,19,20,21)/t13-,15+/m0/s1. The minimum Gasteiger partial charge on any atom is -0.394 e. The second kappa shape index (κ2) is 8.93. The van der Waals surface area contributed by atoms with E-state index in [1.54, 1.807) is 24.8 Å². The summed E-state index contributed by atoms with van der Waals surface area (Å²) in [5.41, 5.74) is 1.40. The molecule has 10 heteroatoms. The fourth-order valence-electron chi connectivity index (χ4n) is 3.36. The van der Waals surface area contributed by atoms with Gasteiger partial charge in [0.05, 0.1) is 25.6 Å². The van der Waals surface area contributed by atoms with E-state index in [1.165, 1.54) is 11.2 Å². The van der Waals surface area contributed by atoms with Crippen molar-refractivity contribution in [3.63, 3.8) is 0 Å². The van der Waals surface area contributed by atoms with Crippen LogP contribution >= 0.6 is 11.3 Å². The van der Waals surface area contributed by atoms with E-state index in [1.807, 2.05) is 4.57 Å². The van der Waals surface area contributed by atoms with Crippen LogP contribution in [0.5, 0.6) is 0 Å². The van der Waals surface area contributed by atoms with Gasteiger partial charge in [-0.25, -0.2) is 15.0 Å². The molecule has 2 atom stereocenters. The number of aromatic nitrogens is 4. The van der Waals surface area contributed by atoms with Crippen LogP contribution in [0.2, 0.25) is 0 Å². The molecule has 1 saturated heterocycles. The van der Waals surface area contributed by atoms with Gasteiger partial charge in [0, 0.05) is 38.2 Å². The third-order valence-corrected chi connectivity index (χ3v) is 5.52. The number of nitrogens with one attached hydrogen (secondary N) is 1. The summed E-state index contributed by atoms with van der Waals surface area (Å²) >= 11 is 1.73. The molecular weight excluding hydrogens is 380 g/mol. The van der Waals surface area contributed by atoms with Crippen LogP contribution in [0.3, 0.4) is 0 Å². The Bertz CT molecular complexity index is 887. The van der Waals surface area contributed by atoms with Gasteiger partial charge in [0.1, 0.15) is 12.6 Å². The molecule has 0 unspecified atom stereocenters. The molecule has 4 rings (SSSR count). The molecular formula is C18H24N6O3S. The third kappa shape index (κ3) is 4.15. The van der Waals surface area contributed by atoms with Gasteiger partial charge in [-0.15, -0.1) is 11.3 Å². The third-order valence-electron chi connectivity index (χ3n) is 4.66. The molecule has 0 bridgehead atoms. The second-order valence-electron chi connectivity index (χ2n) is 6.63. The van der Waals surface area contributed by atoms with E-state index in [0.717, 1.165) is 6.54 Å². The summed E-state index contributed by atoms with van der Waals surface area (Å²) < 4.78 is 13.1. The Labute approximate surface area is 166 Å². The molecule has 0 saturated carbocycles. The van der Waals surface area contributed by atoms with Gasteiger partial charge in [-0.3, -0.25) is 9.47 Å². The van der Waals surface area contributed by atoms with Crippen LogP contribution in [0, 0.1) is 0 Å². The minimum absolute atomic E-state index is 0.0249. The van der Waals surface area contributed by atoms with Crippen LogP contribution in [-0.4, -0.2) is 75.6 Å². The number of hydrogen-bond donors (Lipinski definition) is 2. The topological polar surface area (TPSA) is 97.6 Å². The number of methoxy groups -OCH3 is 1. The van der Waals surface area contributed by atoms with E-state index in [0.29, 0.717) is 43.2 Å². The van der Waals surface area contributed by atoms with Gasteiger partial charge in [0.25, 0.3) is 0 Å². The molecule has 1 aliphatic heterocycles. The minimum atomic E-state index is -0.280. The molecule has 0 aromatic carbocycles. The first-order valence-electron chi connectivity index (χ1n) is 9.20. The van der Waals surface area contributed by atoms with Crippen molar-refractivity contribution in [1.29, 1.82) is 0 Å². The van der Waals surface area contributed by atoms with Crippen molar-refractivity contribution in [2.45, 2.75) is 18.9 Å². The summed E-state index contributed by atoms with van der Waals surface area (Å²) in [4.78, 5) is 16.8. The Kier molecular flexibility index (Phi) is 6.13. The highest BCUT2D eigenvalue weighted by molar-refractivity contribution is 7.09. The van der Waals surface area contributed by atoms with E-state index in [2.05, 4.69) is 42.7 Å². The zero-order valence-electron chi connectivity index (χ0n) is 15.7. The normalized spacial score (nSPS) is 20.6. The zero-order chi connectivity index (χ0) is 19.3. The van der Waals surface area contributed by atoms with Crippen LogP contribution < -0.4 is 5.32 Å². The van der Waals surface area contributed by atoms with Gasteiger partial charge in [0.2, 0.25) is 0 Å². The van der Waals surface area contributed by atoms with Gasteiger partial charge < -0.3 is 19.9 Å². The van der Waals surface area contributed by atoms with E-state index < -0.39 is 0 Å². The van der Waals surface area contributed by atoms with Gasteiger partial charge >= 0.3 is 0 Å². The van der Waals surface area contributed by atoms with Crippen LogP contribution in [0.25, 0.3) is 11.2 Å².